The first-order valence-electron chi connectivity index (χ1n) is 7.82. The maximum absolute atomic E-state index is 5.71. The van der Waals surface area contributed by atoms with E-state index in [1.807, 2.05) is 12.3 Å². The Morgan fingerprint density at radius 1 is 1.30 bits per heavy atom. The van der Waals surface area contributed by atoms with Crippen LogP contribution >= 0.6 is 0 Å². The molecule has 0 spiro atoms. The SMILES string of the molecule is COc1cc(N(CCCN)C2CCCCCC2)ccn1. The van der Waals surface area contributed by atoms with Crippen LogP contribution in [0, 0.1) is 0 Å². The van der Waals surface area contributed by atoms with Crippen LogP contribution in [0.1, 0.15) is 44.9 Å². The first-order chi connectivity index (χ1) is 9.85. The molecule has 1 heterocycles. The zero-order chi connectivity index (χ0) is 14.2. The van der Waals surface area contributed by atoms with E-state index in [4.69, 9.17) is 10.5 Å². The highest BCUT2D eigenvalue weighted by Gasteiger charge is 2.20. The Morgan fingerprint density at radius 3 is 2.70 bits per heavy atom. The average molecular weight is 277 g/mol. The lowest BCUT2D eigenvalue weighted by Crippen LogP contribution is -2.36. The van der Waals surface area contributed by atoms with Crippen molar-refractivity contribution < 1.29 is 4.74 Å². The lowest BCUT2D eigenvalue weighted by atomic mass is 10.1. The van der Waals surface area contributed by atoms with Gasteiger partial charge in [0.25, 0.3) is 0 Å². The molecular weight excluding hydrogens is 250 g/mol. The summed E-state index contributed by atoms with van der Waals surface area (Å²) in [7, 11) is 1.67. The number of pyridine rings is 1. The van der Waals surface area contributed by atoms with Gasteiger partial charge in [0.15, 0.2) is 0 Å². The molecule has 0 aliphatic heterocycles. The summed E-state index contributed by atoms with van der Waals surface area (Å²) in [6.07, 6.45) is 10.9. The maximum atomic E-state index is 5.71. The van der Waals surface area contributed by atoms with Crippen LogP contribution in [0.3, 0.4) is 0 Å². The minimum absolute atomic E-state index is 0.635. The molecule has 0 radical (unpaired) electrons. The van der Waals surface area contributed by atoms with Gasteiger partial charge in [-0.15, -0.1) is 0 Å². The fourth-order valence-electron chi connectivity index (χ4n) is 3.04. The van der Waals surface area contributed by atoms with E-state index in [2.05, 4.69) is 16.0 Å². The molecule has 0 atom stereocenters. The van der Waals surface area contributed by atoms with Gasteiger partial charge in [0.2, 0.25) is 5.88 Å². The summed E-state index contributed by atoms with van der Waals surface area (Å²) in [4.78, 5) is 6.73. The van der Waals surface area contributed by atoms with Crippen molar-refractivity contribution in [3.05, 3.63) is 18.3 Å². The van der Waals surface area contributed by atoms with Crippen molar-refractivity contribution in [1.82, 2.24) is 4.98 Å². The van der Waals surface area contributed by atoms with E-state index in [1.54, 1.807) is 7.11 Å². The normalized spacial score (nSPS) is 16.7. The van der Waals surface area contributed by atoms with Gasteiger partial charge in [-0.25, -0.2) is 4.98 Å². The lowest BCUT2D eigenvalue weighted by molar-refractivity contribution is 0.397. The topological polar surface area (TPSA) is 51.4 Å². The van der Waals surface area contributed by atoms with Crippen LogP contribution in [-0.4, -0.2) is 31.2 Å². The minimum atomic E-state index is 0.635. The van der Waals surface area contributed by atoms with Crippen LogP contribution in [0.2, 0.25) is 0 Å². The molecule has 0 bridgehead atoms. The van der Waals surface area contributed by atoms with Gasteiger partial charge in [-0.3, -0.25) is 0 Å². The van der Waals surface area contributed by atoms with Crippen LogP contribution in [0.5, 0.6) is 5.88 Å². The van der Waals surface area contributed by atoms with Crippen molar-refractivity contribution >= 4 is 5.69 Å². The molecule has 2 rings (SSSR count). The highest BCUT2D eigenvalue weighted by atomic mass is 16.5. The molecule has 1 aliphatic carbocycles. The minimum Gasteiger partial charge on any atom is -0.481 e. The number of ether oxygens (including phenoxy) is 1. The molecule has 1 saturated carbocycles. The fraction of sp³-hybridized carbons (Fsp3) is 0.688. The summed E-state index contributed by atoms with van der Waals surface area (Å²) < 4.78 is 5.26. The molecule has 1 fully saturated rings. The Hall–Kier alpha value is -1.29. The third kappa shape index (κ3) is 4.10. The van der Waals surface area contributed by atoms with Crippen molar-refractivity contribution in [2.24, 2.45) is 5.73 Å². The molecule has 4 heteroatoms. The summed E-state index contributed by atoms with van der Waals surface area (Å²) in [5, 5.41) is 0. The van der Waals surface area contributed by atoms with E-state index >= 15 is 0 Å². The number of hydrogen-bond acceptors (Lipinski definition) is 4. The number of nitrogens with two attached hydrogens (primary N) is 1. The lowest BCUT2D eigenvalue weighted by Gasteiger charge is -2.33. The van der Waals surface area contributed by atoms with Crippen LogP contribution < -0.4 is 15.4 Å². The van der Waals surface area contributed by atoms with Crippen LogP contribution in [0.15, 0.2) is 18.3 Å². The Labute approximate surface area is 122 Å². The number of methoxy groups -OCH3 is 1. The van der Waals surface area contributed by atoms with Crippen molar-refractivity contribution in [1.29, 1.82) is 0 Å². The van der Waals surface area contributed by atoms with Crippen LogP contribution in [-0.2, 0) is 0 Å². The third-order valence-corrected chi connectivity index (χ3v) is 4.13. The summed E-state index contributed by atoms with van der Waals surface area (Å²) in [6.45, 7) is 1.76. The molecule has 1 aliphatic rings. The van der Waals surface area contributed by atoms with E-state index in [1.165, 1.54) is 44.2 Å². The van der Waals surface area contributed by atoms with Crippen LogP contribution in [0.25, 0.3) is 0 Å². The molecule has 0 aromatic carbocycles. The Balaban J connectivity index is 2.15. The first-order valence-corrected chi connectivity index (χ1v) is 7.82. The fourth-order valence-corrected chi connectivity index (χ4v) is 3.04. The van der Waals surface area contributed by atoms with Gasteiger partial charge in [0, 0.05) is 30.5 Å². The van der Waals surface area contributed by atoms with Gasteiger partial charge in [-0.1, -0.05) is 25.7 Å². The van der Waals surface area contributed by atoms with Gasteiger partial charge in [0.1, 0.15) is 0 Å². The average Bonchev–Trinajstić information content (AvgIpc) is 2.77. The highest BCUT2D eigenvalue weighted by Crippen LogP contribution is 2.28. The predicted octanol–water partition coefficient (Wildman–Crippen LogP) is 2.97. The first kappa shape index (κ1) is 15.1. The second-order valence-corrected chi connectivity index (χ2v) is 5.54. The summed E-state index contributed by atoms with van der Waals surface area (Å²) in [5.74, 6) is 0.689. The molecule has 1 aromatic heterocycles. The summed E-state index contributed by atoms with van der Waals surface area (Å²) in [5.41, 5.74) is 6.93. The molecule has 20 heavy (non-hydrogen) atoms. The van der Waals surface area contributed by atoms with Crippen molar-refractivity contribution in [3.63, 3.8) is 0 Å². The zero-order valence-electron chi connectivity index (χ0n) is 12.6. The number of hydrogen-bond donors (Lipinski definition) is 1. The van der Waals surface area contributed by atoms with Gasteiger partial charge in [0.05, 0.1) is 7.11 Å². The largest absolute Gasteiger partial charge is 0.481 e. The monoisotopic (exact) mass is 277 g/mol. The Bertz CT molecular complexity index is 389. The molecular formula is C16H27N3O. The third-order valence-electron chi connectivity index (χ3n) is 4.13. The standard InChI is InChI=1S/C16H27N3O/c1-20-16-13-15(9-11-18-16)19(12-6-10-17)14-7-4-2-3-5-8-14/h9,11,13-14H,2-8,10,12,17H2,1H3. The summed E-state index contributed by atoms with van der Waals surface area (Å²) in [6, 6.07) is 4.77. The molecule has 0 saturated heterocycles. The maximum Gasteiger partial charge on any atom is 0.214 e. The van der Waals surface area contributed by atoms with Gasteiger partial charge in [-0.05, 0) is 31.9 Å². The number of anilines is 1. The second-order valence-electron chi connectivity index (χ2n) is 5.54. The number of aromatic nitrogens is 1. The zero-order valence-corrected chi connectivity index (χ0v) is 12.6. The highest BCUT2D eigenvalue weighted by molar-refractivity contribution is 5.49. The smallest absolute Gasteiger partial charge is 0.214 e. The quantitative estimate of drug-likeness (QED) is 0.812. The predicted molar refractivity (Wildman–Crippen MR) is 83.3 cm³/mol. The molecule has 2 N–H and O–H groups in total. The second kappa shape index (κ2) is 8.10. The van der Waals surface area contributed by atoms with E-state index < -0.39 is 0 Å². The molecule has 4 nitrogen and oxygen atoms in total. The van der Waals surface area contributed by atoms with E-state index in [0.29, 0.717) is 11.9 Å². The van der Waals surface area contributed by atoms with E-state index in [-0.39, 0.29) is 0 Å². The molecule has 1 aromatic rings. The van der Waals surface area contributed by atoms with E-state index in [0.717, 1.165) is 19.5 Å². The van der Waals surface area contributed by atoms with E-state index in [9.17, 15) is 0 Å². The summed E-state index contributed by atoms with van der Waals surface area (Å²) >= 11 is 0. The molecule has 0 unspecified atom stereocenters. The Kier molecular flexibility index (Phi) is 6.12. The van der Waals surface area contributed by atoms with Crippen molar-refractivity contribution in [3.8, 4) is 5.88 Å². The van der Waals surface area contributed by atoms with Gasteiger partial charge in [-0.2, -0.15) is 0 Å². The number of rotatable bonds is 6. The van der Waals surface area contributed by atoms with Crippen molar-refractivity contribution in [2.75, 3.05) is 25.1 Å². The van der Waals surface area contributed by atoms with Crippen molar-refractivity contribution in [2.45, 2.75) is 51.0 Å². The number of nitrogens with zero attached hydrogens (tertiary/aromatic N) is 2. The molecule has 112 valence electrons. The Morgan fingerprint density at radius 2 is 2.05 bits per heavy atom. The van der Waals surface area contributed by atoms with Gasteiger partial charge >= 0.3 is 0 Å². The molecule has 0 amide bonds. The van der Waals surface area contributed by atoms with Gasteiger partial charge < -0.3 is 15.4 Å². The van der Waals surface area contributed by atoms with Crippen LogP contribution in [0.4, 0.5) is 5.69 Å².